The quantitative estimate of drug-likeness (QED) is 0.805. The van der Waals surface area contributed by atoms with Gasteiger partial charge in [0.1, 0.15) is 5.69 Å². The number of nitrogens with zero attached hydrogens (tertiary/aromatic N) is 3. The fourth-order valence-electron chi connectivity index (χ4n) is 1.39. The highest BCUT2D eigenvalue weighted by atomic mass is 35.5. The topological polar surface area (TPSA) is 73.8 Å². The lowest BCUT2D eigenvalue weighted by Crippen LogP contribution is -2.08. The van der Waals surface area contributed by atoms with Gasteiger partial charge in [-0.2, -0.15) is 5.10 Å². The lowest BCUT2D eigenvalue weighted by molar-refractivity contribution is 0.101. The summed E-state index contributed by atoms with van der Waals surface area (Å²) < 4.78 is 1.49. The minimum Gasteiger partial charge on any atom is -0.396 e. The van der Waals surface area contributed by atoms with Gasteiger partial charge in [-0.1, -0.05) is 0 Å². The number of ketones is 1. The molecule has 0 aromatic carbocycles. The molecule has 0 aliphatic carbocycles. The Balaban J connectivity index is 0.00000128. The number of halogens is 1. The first kappa shape index (κ1) is 12.2. The van der Waals surface area contributed by atoms with Gasteiger partial charge in [0.2, 0.25) is 0 Å². The number of carbonyl (C=O) groups excluding carboxylic acids is 1. The van der Waals surface area contributed by atoms with Gasteiger partial charge in [0.05, 0.1) is 23.8 Å². The Kier molecular flexibility index (Phi) is 3.63. The Bertz CT molecular complexity index is 495. The highest BCUT2D eigenvalue weighted by Gasteiger charge is 2.13. The molecule has 2 aromatic heterocycles. The average Bonchev–Trinajstić information content (AvgIpc) is 2.61. The first-order valence-corrected chi connectivity index (χ1v) is 4.45. The molecule has 0 atom stereocenters. The second kappa shape index (κ2) is 4.76. The Morgan fingerprint density at radius 2 is 2.19 bits per heavy atom. The zero-order valence-corrected chi connectivity index (χ0v) is 9.44. The maximum absolute atomic E-state index is 11.4. The molecule has 5 nitrogen and oxygen atoms in total. The Hall–Kier alpha value is -1.88. The van der Waals surface area contributed by atoms with Gasteiger partial charge in [-0.05, 0) is 12.1 Å². The number of nitrogen functional groups attached to an aromatic ring is 1. The molecule has 0 unspecified atom stereocenters. The van der Waals surface area contributed by atoms with Crippen molar-refractivity contribution in [1.29, 1.82) is 0 Å². The van der Waals surface area contributed by atoms with E-state index in [4.69, 9.17) is 5.73 Å². The number of aromatic nitrogens is 3. The maximum Gasteiger partial charge on any atom is 0.180 e. The smallest absolute Gasteiger partial charge is 0.180 e. The van der Waals surface area contributed by atoms with Crippen LogP contribution in [-0.4, -0.2) is 20.5 Å². The van der Waals surface area contributed by atoms with Gasteiger partial charge in [0, 0.05) is 13.1 Å². The van der Waals surface area contributed by atoms with E-state index in [9.17, 15) is 4.79 Å². The number of rotatable bonds is 2. The standard InChI is InChI=1S/C10H10N4O.ClH/c1-7(15)10-9(11)6-13-14(10)8-3-2-4-12-5-8;/h2-6H,11H2,1H3;1H. The third kappa shape index (κ3) is 2.04. The molecule has 2 rings (SSSR count). The summed E-state index contributed by atoms with van der Waals surface area (Å²) in [5.74, 6) is -0.117. The van der Waals surface area contributed by atoms with Gasteiger partial charge in [-0.25, -0.2) is 4.68 Å². The van der Waals surface area contributed by atoms with E-state index < -0.39 is 0 Å². The lowest BCUT2D eigenvalue weighted by atomic mass is 10.2. The van der Waals surface area contributed by atoms with Crippen LogP contribution >= 0.6 is 12.4 Å². The molecule has 0 saturated heterocycles. The largest absolute Gasteiger partial charge is 0.396 e. The average molecular weight is 239 g/mol. The van der Waals surface area contributed by atoms with Crippen molar-refractivity contribution < 1.29 is 4.79 Å². The molecule has 2 heterocycles. The van der Waals surface area contributed by atoms with Crippen LogP contribution in [0.1, 0.15) is 17.4 Å². The van der Waals surface area contributed by atoms with Crippen LogP contribution < -0.4 is 5.73 Å². The number of Topliss-reactive ketones (excluding diaryl/α,β-unsaturated/α-hetero) is 1. The first-order valence-electron chi connectivity index (χ1n) is 4.45. The third-order valence-corrected chi connectivity index (χ3v) is 2.02. The molecular weight excluding hydrogens is 228 g/mol. The van der Waals surface area contributed by atoms with Crippen molar-refractivity contribution in [1.82, 2.24) is 14.8 Å². The molecule has 16 heavy (non-hydrogen) atoms. The van der Waals surface area contributed by atoms with Crippen molar-refractivity contribution >= 4 is 23.9 Å². The normalized spacial score (nSPS) is 9.56. The van der Waals surface area contributed by atoms with Gasteiger partial charge >= 0.3 is 0 Å². The van der Waals surface area contributed by atoms with Crippen molar-refractivity contribution in [2.75, 3.05) is 5.73 Å². The molecule has 0 radical (unpaired) electrons. The molecule has 0 bridgehead atoms. The third-order valence-electron chi connectivity index (χ3n) is 2.02. The number of carbonyl (C=O) groups is 1. The SMILES string of the molecule is CC(=O)c1c(N)cnn1-c1cccnc1.Cl. The Morgan fingerprint density at radius 1 is 1.44 bits per heavy atom. The van der Waals surface area contributed by atoms with E-state index in [-0.39, 0.29) is 18.2 Å². The van der Waals surface area contributed by atoms with Crippen LogP contribution in [0, 0.1) is 0 Å². The van der Waals surface area contributed by atoms with Crippen molar-refractivity contribution in [3.05, 3.63) is 36.4 Å². The highest BCUT2D eigenvalue weighted by molar-refractivity contribution is 5.97. The molecule has 84 valence electrons. The molecule has 2 N–H and O–H groups in total. The fourth-order valence-corrected chi connectivity index (χ4v) is 1.39. The second-order valence-corrected chi connectivity index (χ2v) is 3.13. The van der Waals surface area contributed by atoms with Crippen LogP contribution in [0.2, 0.25) is 0 Å². The van der Waals surface area contributed by atoms with Gasteiger partial charge in [0.25, 0.3) is 0 Å². The number of hydrogen-bond acceptors (Lipinski definition) is 4. The van der Waals surface area contributed by atoms with Gasteiger partial charge in [0.15, 0.2) is 5.78 Å². The second-order valence-electron chi connectivity index (χ2n) is 3.13. The highest BCUT2D eigenvalue weighted by Crippen LogP contribution is 2.15. The summed E-state index contributed by atoms with van der Waals surface area (Å²) in [4.78, 5) is 15.3. The van der Waals surface area contributed by atoms with Crippen LogP contribution in [0.5, 0.6) is 0 Å². The zero-order valence-electron chi connectivity index (χ0n) is 8.62. The summed E-state index contributed by atoms with van der Waals surface area (Å²) in [6, 6.07) is 3.59. The van der Waals surface area contributed by atoms with Crippen molar-refractivity contribution in [3.8, 4) is 5.69 Å². The van der Waals surface area contributed by atoms with Gasteiger partial charge in [-0.3, -0.25) is 9.78 Å². The minimum absolute atomic E-state index is 0. The molecule has 0 aliphatic heterocycles. The first-order chi connectivity index (χ1) is 7.20. The minimum atomic E-state index is -0.117. The van der Waals surface area contributed by atoms with E-state index in [1.54, 1.807) is 18.5 Å². The number of hydrogen-bond donors (Lipinski definition) is 1. The van der Waals surface area contributed by atoms with Crippen LogP contribution in [0.15, 0.2) is 30.7 Å². The zero-order chi connectivity index (χ0) is 10.8. The Labute approximate surface area is 98.7 Å². The summed E-state index contributed by atoms with van der Waals surface area (Å²) in [6.07, 6.45) is 4.74. The van der Waals surface area contributed by atoms with E-state index in [2.05, 4.69) is 10.1 Å². The summed E-state index contributed by atoms with van der Waals surface area (Å²) in [5.41, 5.74) is 7.15. The number of anilines is 1. The van der Waals surface area contributed by atoms with Crippen molar-refractivity contribution in [2.45, 2.75) is 6.92 Å². The monoisotopic (exact) mass is 238 g/mol. The number of pyridine rings is 1. The Morgan fingerprint density at radius 3 is 2.75 bits per heavy atom. The molecule has 0 fully saturated rings. The number of nitrogens with two attached hydrogens (primary N) is 1. The van der Waals surface area contributed by atoms with Crippen LogP contribution in [-0.2, 0) is 0 Å². The van der Waals surface area contributed by atoms with E-state index in [1.807, 2.05) is 6.07 Å². The summed E-state index contributed by atoms with van der Waals surface area (Å²) in [6.45, 7) is 1.46. The van der Waals surface area contributed by atoms with Crippen molar-refractivity contribution in [3.63, 3.8) is 0 Å². The van der Waals surface area contributed by atoms with E-state index in [0.29, 0.717) is 11.4 Å². The van der Waals surface area contributed by atoms with E-state index >= 15 is 0 Å². The summed E-state index contributed by atoms with van der Waals surface area (Å²) in [7, 11) is 0. The van der Waals surface area contributed by atoms with Crippen LogP contribution in [0.4, 0.5) is 5.69 Å². The predicted octanol–water partition coefficient (Wildman–Crippen LogP) is 1.47. The lowest BCUT2D eigenvalue weighted by Gasteiger charge is -2.04. The molecule has 2 aromatic rings. The van der Waals surface area contributed by atoms with Crippen LogP contribution in [0.3, 0.4) is 0 Å². The summed E-state index contributed by atoms with van der Waals surface area (Å²) in [5, 5.41) is 4.04. The predicted molar refractivity (Wildman–Crippen MR) is 63.0 cm³/mol. The van der Waals surface area contributed by atoms with E-state index in [1.165, 1.54) is 17.8 Å². The fraction of sp³-hybridized carbons (Fsp3) is 0.100. The summed E-state index contributed by atoms with van der Waals surface area (Å²) >= 11 is 0. The molecule has 0 saturated carbocycles. The van der Waals surface area contributed by atoms with Gasteiger partial charge < -0.3 is 5.73 Å². The molecule has 0 spiro atoms. The molecule has 0 amide bonds. The van der Waals surface area contributed by atoms with Crippen molar-refractivity contribution in [2.24, 2.45) is 0 Å². The molecule has 6 heteroatoms. The van der Waals surface area contributed by atoms with Gasteiger partial charge in [-0.15, -0.1) is 12.4 Å². The van der Waals surface area contributed by atoms with Crippen LogP contribution in [0.25, 0.3) is 5.69 Å². The molecular formula is C10H11ClN4O. The van der Waals surface area contributed by atoms with E-state index in [0.717, 1.165) is 5.69 Å². The maximum atomic E-state index is 11.4. The molecule has 0 aliphatic rings.